The third-order valence-electron chi connectivity index (χ3n) is 5.90. The zero-order valence-electron chi connectivity index (χ0n) is 20.2. The van der Waals surface area contributed by atoms with E-state index in [1.165, 1.54) is 13.3 Å². The quantitative estimate of drug-likeness (QED) is 0.239. The molecule has 194 valence electrons. The molecule has 0 aliphatic carbocycles. The van der Waals surface area contributed by atoms with Crippen molar-refractivity contribution >= 4 is 28.8 Å². The van der Waals surface area contributed by atoms with Crippen molar-refractivity contribution in [1.82, 2.24) is 9.36 Å². The summed E-state index contributed by atoms with van der Waals surface area (Å²) in [5.74, 6) is -0.555. The number of rotatable bonds is 9. The van der Waals surface area contributed by atoms with Gasteiger partial charge in [-0.25, -0.2) is 4.98 Å². The molecule has 2 heterocycles. The number of nitrogens with zero attached hydrogens (tertiary/aromatic N) is 2. The number of aryl methyl sites for hydroxylation is 2. The lowest BCUT2D eigenvalue weighted by Gasteiger charge is -2.16. The Morgan fingerprint density at radius 3 is 2.59 bits per heavy atom. The Morgan fingerprint density at radius 1 is 1.14 bits per heavy atom. The van der Waals surface area contributed by atoms with E-state index in [1.807, 2.05) is 32.0 Å². The summed E-state index contributed by atoms with van der Waals surface area (Å²) in [6, 6.07) is 11.0. The number of carboxylic acids is 1. The molecule has 2 aromatic heterocycles. The van der Waals surface area contributed by atoms with Gasteiger partial charge in [-0.1, -0.05) is 35.6 Å². The van der Waals surface area contributed by atoms with Crippen LogP contribution in [0.15, 0.2) is 42.6 Å². The number of halogens is 3. The second kappa shape index (κ2) is 10.9. The molecular weight excluding hydrogens is 525 g/mol. The fourth-order valence-electron chi connectivity index (χ4n) is 3.85. The van der Waals surface area contributed by atoms with Crippen molar-refractivity contribution < 1.29 is 32.5 Å². The van der Waals surface area contributed by atoms with Crippen molar-refractivity contribution in [3.8, 4) is 32.6 Å². The summed E-state index contributed by atoms with van der Waals surface area (Å²) in [5, 5.41) is 9.94. The molecule has 0 bridgehead atoms. The molecule has 0 fully saturated rings. The van der Waals surface area contributed by atoms with Crippen LogP contribution in [0.4, 0.5) is 13.2 Å². The minimum absolute atomic E-state index is 0.0474. The van der Waals surface area contributed by atoms with Crippen LogP contribution in [-0.4, -0.2) is 27.5 Å². The van der Waals surface area contributed by atoms with Crippen molar-refractivity contribution in [3.05, 3.63) is 69.7 Å². The molecule has 11 heteroatoms. The first-order valence-electron chi connectivity index (χ1n) is 11.2. The van der Waals surface area contributed by atoms with Crippen LogP contribution in [0.3, 0.4) is 0 Å². The van der Waals surface area contributed by atoms with Crippen molar-refractivity contribution in [3.63, 3.8) is 0 Å². The first-order chi connectivity index (χ1) is 17.6. The monoisotopic (exact) mass is 548 g/mol. The maximum atomic E-state index is 13.8. The number of alkyl halides is 3. The van der Waals surface area contributed by atoms with Gasteiger partial charge in [0.15, 0.2) is 5.06 Å². The van der Waals surface area contributed by atoms with Crippen LogP contribution in [0.5, 0.6) is 10.8 Å². The summed E-state index contributed by atoms with van der Waals surface area (Å²) in [5.41, 5.74) is 4.61. The minimum atomic E-state index is -4.60. The van der Waals surface area contributed by atoms with Crippen LogP contribution < -0.4 is 9.47 Å². The molecule has 1 N–H and O–H groups in total. The molecule has 0 aliphatic heterocycles. The van der Waals surface area contributed by atoms with Crippen LogP contribution in [0.25, 0.3) is 21.8 Å². The molecule has 37 heavy (non-hydrogen) atoms. The maximum absolute atomic E-state index is 13.8. The fraction of sp³-hybridized carbons (Fsp3) is 0.269. The number of carboxylic acid groups (broad SMARTS) is 1. The van der Waals surface area contributed by atoms with Crippen LogP contribution in [0.2, 0.25) is 0 Å². The highest BCUT2D eigenvalue weighted by Gasteiger charge is 2.38. The predicted molar refractivity (Wildman–Crippen MR) is 136 cm³/mol. The number of carbonyl (C=O) groups is 1. The first kappa shape index (κ1) is 26.6. The summed E-state index contributed by atoms with van der Waals surface area (Å²) in [7, 11) is 1.46. The minimum Gasteiger partial charge on any atom is -0.489 e. The van der Waals surface area contributed by atoms with Crippen molar-refractivity contribution in [2.24, 2.45) is 0 Å². The number of hydrogen-bond acceptors (Lipinski definition) is 7. The van der Waals surface area contributed by atoms with Gasteiger partial charge in [0.05, 0.1) is 13.3 Å². The van der Waals surface area contributed by atoms with Gasteiger partial charge in [0.2, 0.25) is 0 Å². The van der Waals surface area contributed by atoms with Gasteiger partial charge in [-0.15, -0.1) is 0 Å². The van der Waals surface area contributed by atoms with E-state index in [9.17, 15) is 23.1 Å². The molecule has 0 amide bonds. The highest BCUT2D eigenvalue weighted by atomic mass is 32.1. The summed E-state index contributed by atoms with van der Waals surface area (Å²) in [6.07, 6.45) is -2.90. The highest BCUT2D eigenvalue weighted by Crippen LogP contribution is 2.42. The number of thiazole rings is 1. The highest BCUT2D eigenvalue weighted by molar-refractivity contribution is 7.17. The molecular formula is C26H23F3N2O4S2. The molecule has 4 aromatic rings. The second-order valence-electron chi connectivity index (χ2n) is 8.27. The first-order valence-corrected chi connectivity index (χ1v) is 12.8. The molecule has 6 nitrogen and oxygen atoms in total. The summed E-state index contributed by atoms with van der Waals surface area (Å²) >= 11 is 1.46. The summed E-state index contributed by atoms with van der Waals surface area (Å²) < 4.78 is 56.4. The maximum Gasteiger partial charge on any atom is 0.427 e. The Hall–Kier alpha value is -3.44. The number of aliphatic carboxylic acids is 1. The normalized spacial score (nSPS) is 11.5. The third kappa shape index (κ3) is 5.94. The zero-order chi connectivity index (χ0) is 26.7. The number of ether oxygens (including phenoxy) is 2. The van der Waals surface area contributed by atoms with Gasteiger partial charge >= 0.3 is 12.1 Å². The lowest BCUT2D eigenvalue weighted by molar-refractivity contribution is -0.137. The Morgan fingerprint density at radius 2 is 1.92 bits per heavy atom. The number of aromatic nitrogens is 2. The van der Waals surface area contributed by atoms with E-state index >= 15 is 0 Å². The van der Waals surface area contributed by atoms with Crippen molar-refractivity contribution in [1.29, 1.82) is 0 Å². The average Bonchev–Trinajstić information content (AvgIpc) is 3.50. The standard InChI is InChI=1S/C26H23F3N2O4S2/c1-14-5-4-6-18(15(14)2)19-11-17(9-7-16(19)8-10-21(32)33)35-13-20-23(25-30-12-22(34-3)36-25)31-37-24(20)26(27,28)29/h4-7,9,11-12H,8,10,13H2,1-3H3,(H,32,33). The van der Waals surface area contributed by atoms with Gasteiger partial charge < -0.3 is 14.6 Å². The van der Waals surface area contributed by atoms with Crippen LogP contribution >= 0.6 is 22.9 Å². The smallest absolute Gasteiger partial charge is 0.427 e. The molecule has 4 rings (SSSR count). The number of hydrogen-bond donors (Lipinski definition) is 1. The zero-order valence-corrected chi connectivity index (χ0v) is 21.8. The van der Waals surface area contributed by atoms with E-state index in [2.05, 4.69) is 9.36 Å². The van der Waals surface area contributed by atoms with Gasteiger partial charge in [0.1, 0.15) is 27.9 Å². The molecule has 0 spiro atoms. The van der Waals surface area contributed by atoms with Crippen molar-refractivity contribution in [2.45, 2.75) is 39.5 Å². The predicted octanol–water partition coefficient (Wildman–Crippen LogP) is 7.17. The lowest BCUT2D eigenvalue weighted by Crippen LogP contribution is -2.08. The Labute approximate surface area is 219 Å². The molecule has 0 atom stereocenters. The summed E-state index contributed by atoms with van der Waals surface area (Å²) in [4.78, 5) is 14.5. The molecule has 0 unspecified atom stereocenters. The van der Waals surface area contributed by atoms with Gasteiger partial charge in [0, 0.05) is 12.0 Å². The molecule has 0 radical (unpaired) electrons. The molecule has 0 saturated carbocycles. The summed E-state index contributed by atoms with van der Waals surface area (Å²) in [6.45, 7) is 3.58. The van der Waals surface area contributed by atoms with E-state index in [1.54, 1.807) is 18.2 Å². The van der Waals surface area contributed by atoms with E-state index < -0.39 is 17.0 Å². The third-order valence-corrected chi connectivity index (χ3v) is 7.80. The van der Waals surface area contributed by atoms with E-state index in [0.29, 0.717) is 33.8 Å². The molecule has 0 saturated heterocycles. The lowest BCUT2D eigenvalue weighted by atomic mass is 9.91. The van der Waals surface area contributed by atoms with Crippen LogP contribution in [0.1, 0.15) is 33.6 Å². The fourth-order valence-corrected chi connectivity index (χ4v) is 5.41. The topological polar surface area (TPSA) is 81.5 Å². The number of methoxy groups -OCH3 is 1. The van der Waals surface area contributed by atoms with E-state index in [0.717, 1.165) is 39.2 Å². The Kier molecular flexibility index (Phi) is 7.84. The SMILES string of the molecule is COc1cnc(-c2nsc(C(F)(F)F)c2COc2ccc(CCC(=O)O)c(-c3cccc(C)c3C)c2)s1. The Bertz CT molecular complexity index is 1430. The van der Waals surface area contributed by atoms with Crippen LogP contribution in [0, 0.1) is 13.8 Å². The van der Waals surface area contributed by atoms with Crippen LogP contribution in [-0.2, 0) is 24.0 Å². The number of benzene rings is 2. The van der Waals surface area contributed by atoms with E-state index in [4.69, 9.17) is 9.47 Å². The second-order valence-corrected chi connectivity index (χ2v) is 10.0. The van der Waals surface area contributed by atoms with Gasteiger partial charge in [-0.05, 0) is 71.8 Å². The molecule has 2 aromatic carbocycles. The van der Waals surface area contributed by atoms with E-state index in [-0.39, 0.29) is 24.3 Å². The van der Waals surface area contributed by atoms with Gasteiger partial charge in [-0.3, -0.25) is 4.79 Å². The van der Waals surface area contributed by atoms with Gasteiger partial charge in [-0.2, -0.15) is 17.5 Å². The Balaban J connectivity index is 1.70. The van der Waals surface area contributed by atoms with Crippen molar-refractivity contribution in [2.75, 3.05) is 7.11 Å². The molecule has 0 aliphatic rings. The largest absolute Gasteiger partial charge is 0.489 e. The average molecular weight is 549 g/mol. The van der Waals surface area contributed by atoms with Gasteiger partial charge in [0.25, 0.3) is 0 Å².